The van der Waals surface area contributed by atoms with Gasteiger partial charge in [0.25, 0.3) is 5.91 Å². The second kappa shape index (κ2) is 7.21. The maximum Gasteiger partial charge on any atom is 0.322 e. The Bertz CT molecular complexity index is 1280. The van der Waals surface area contributed by atoms with Gasteiger partial charge in [-0.2, -0.15) is 8.42 Å². The molecule has 10 heteroatoms. The summed E-state index contributed by atoms with van der Waals surface area (Å²) >= 11 is 0. The van der Waals surface area contributed by atoms with Crippen LogP contribution in [0.5, 0.6) is 0 Å². The van der Waals surface area contributed by atoms with E-state index in [1.807, 2.05) is 24.5 Å². The van der Waals surface area contributed by atoms with E-state index in [4.69, 9.17) is 0 Å². The Morgan fingerprint density at radius 3 is 2.38 bits per heavy atom. The standard InChI is InChI=1S/C22H23N5O4S/c1-21(6-7-21)17-23-10-16(11-24-17)13-3-4-15-12-27(8-5-14(15)9-13)19(32(30)31)22(2)18(28)25-20(29)26-22/h3-4,9-11H,5-8,12H2,1-2H3,(H2,25,26,28,29)/t22-/m0/s1. The van der Waals surface area contributed by atoms with Crippen LogP contribution in [0.1, 0.15) is 43.6 Å². The number of carbonyl (C=O) groups excluding carboxylic acids is 2. The van der Waals surface area contributed by atoms with Crippen molar-refractivity contribution in [2.24, 2.45) is 0 Å². The molecule has 2 N–H and O–H groups in total. The third kappa shape index (κ3) is 3.39. The highest BCUT2D eigenvalue weighted by molar-refractivity contribution is 7.73. The lowest BCUT2D eigenvalue weighted by Crippen LogP contribution is -2.58. The molecule has 0 radical (unpaired) electrons. The van der Waals surface area contributed by atoms with E-state index in [-0.39, 0.29) is 10.4 Å². The van der Waals surface area contributed by atoms with Crippen molar-refractivity contribution in [3.05, 3.63) is 47.5 Å². The Balaban J connectivity index is 1.40. The Kier molecular flexibility index (Phi) is 4.68. The molecule has 1 saturated heterocycles. The maximum absolute atomic E-state index is 12.3. The second-order valence-electron chi connectivity index (χ2n) is 9.08. The first-order chi connectivity index (χ1) is 15.2. The van der Waals surface area contributed by atoms with Crippen LogP contribution in [0, 0.1) is 0 Å². The van der Waals surface area contributed by atoms with Crippen LogP contribution >= 0.6 is 0 Å². The summed E-state index contributed by atoms with van der Waals surface area (Å²) < 4.78 is 24.1. The van der Waals surface area contributed by atoms with Crippen molar-refractivity contribution >= 4 is 27.2 Å². The van der Waals surface area contributed by atoms with E-state index >= 15 is 0 Å². The monoisotopic (exact) mass is 453 g/mol. The van der Waals surface area contributed by atoms with Crippen molar-refractivity contribution in [1.29, 1.82) is 0 Å². The molecule has 3 heterocycles. The quantitative estimate of drug-likeness (QED) is 0.528. The first-order valence-corrected chi connectivity index (χ1v) is 11.6. The van der Waals surface area contributed by atoms with Crippen molar-refractivity contribution in [2.45, 2.75) is 50.6 Å². The number of nitrogens with one attached hydrogen (secondary N) is 2. The first-order valence-electron chi connectivity index (χ1n) is 10.5. The van der Waals surface area contributed by atoms with Crippen molar-refractivity contribution in [3.63, 3.8) is 0 Å². The molecule has 1 aromatic carbocycles. The van der Waals surface area contributed by atoms with Gasteiger partial charge in [0.1, 0.15) is 5.82 Å². The van der Waals surface area contributed by atoms with Gasteiger partial charge in [-0.25, -0.2) is 14.8 Å². The molecular weight excluding hydrogens is 430 g/mol. The average molecular weight is 454 g/mol. The van der Waals surface area contributed by atoms with Gasteiger partial charge in [-0.3, -0.25) is 15.0 Å². The number of fused-ring (bicyclic) bond motifs is 1. The van der Waals surface area contributed by atoms with Crippen molar-refractivity contribution < 1.29 is 18.0 Å². The topological polar surface area (TPSA) is 121 Å². The van der Waals surface area contributed by atoms with E-state index in [0.717, 1.165) is 40.9 Å². The Morgan fingerprint density at radius 2 is 1.78 bits per heavy atom. The fourth-order valence-corrected chi connectivity index (χ4v) is 5.23. The van der Waals surface area contributed by atoms with Crippen LogP contribution in [0.3, 0.4) is 0 Å². The minimum atomic E-state index is -2.68. The number of aromatic nitrogens is 2. The van der Waals surface area contributed by atoms with Gasteiger partial charge in [0.05, 0.1) is 0 Å². The van der Waals surface area contributed by atoms with E-state index in [9.17, 15) is 18.0 Å². The van der Waals surface area contributed by atoms with Crippen molar-refractivity contribution in [3.8, 4) is 11.1 Å². The number of hydrogen-bond acceptors (Lipinski definition) is 6. The van der Waals surface area contributed by atoms with Gasteiger partial charge in [0, 0.05) is 36.5 Å². The molecule has 1 aromatic heterocycles. The highest BCUT2D eigenvalue weighted by atomic mass is 32.2. The number of carbonyl (C=O) groups is 2. The van der Waals surface area contributed by atoms with Crippen LogP contribution in [-0.2, 0) is 33.5 Å². The number of benzene rings is 1. The molecule has 32 heavy (non-hydrogen) atoms. The highest BCUT2D eigenvalue weighted by Gasteiger charge is 2.49. The zero-order chi connectivity index (χ0) is 22.7. The van der Waals surface area contributed by atoms with Crippen molar-refractivity contribution in [1.82, 2.24) is 25.5 Å². The van der Waals surface area contributed by atoms with Crippen LogP contribution in [0.2, 0.25) is 0 Å². The smallest absolute Gasteiger partial charge is 0.318 e. The number of imide groups is 1. The summed E-state index contributed by atoms with van der Waals surface area (Å²) in [6.45, 7) is 4.31. The summed E-state index contributed by atoms with van der Waals surface area (Å²) in [5.74, 6) is 0.214. The Labute approximate surface area is 186 Å². The Hall–Kier alpha value is -3.11. The van der Waals surface area contributed by atoms with E-state index < -0.39 is 27.8 Å². The molecule has 0 bridgehead atoms. The largest absolute Gasteiger partial charge is 0.322 e. The molecule has 1 atom stereocenters. The minimum Gasteiger partial charge on any atom is -0.318 e. The fraction of sp³-hybridized carbons (Fsp3) is 0.409. The van der Waals surface area contributed by atoms with Gasteiger partial charge in [0.15, 0.2) is 10.5 Å². The summed E-state index contributed by atoms with van der Waals surface area (Å²) in [5, 5.41) is 4.57. The zero-order valence-corrected chi connectivity index (χ0v) is 18.6. The molecule has 2 fully saturated rings. The van der Waals surface area contributed by atoms with Crippen LogP contribution < -0.4 is 10.6 Å². The lowest BCUT2D eigenvalue weighted by atomic mass is 9.93. The molecule has 1 aliphatic carbocycles. The van der Waals surface area contributed by atoms with Crippen LogP contribution in [0.15, 0.2) is 30.6 Å². The number of nitrogens with zero attached hydrogens (tertiary/aromatic N) is 3. The SMILES string of the molecule is CC1(c2ncc(-c3ccc4c(c3)CCN(C(=S(=O)=O)[C@@]3(C)NC(=O)NC3=O)C4)cn2)CC1. The second-order valence-corrected chi connectivity index (χ2v) is 9.94. The number of rotatable bonds is 3. The fourth-order valence-electron chi connectivity index (χ4n) is 4.39. The molecule has 9 nitrogen and oxygen atoms in total. The van der Waals surface area contributed by atoms with E-state index in [0.29, 0.717) is 19.5 Å². The summed E-state index contributed by atoms with van der Waals surface area (Å²) in [7, 11) is -2.68. The van der Waals surface area contributed by atoms with Gasteiger partial charge >= 0.3 is 6.03 Å². The van der Waals surface area contributed by atoms with Gasteiger partial charge in [0.2, 0.25) is 10.3 Å². The van der Waals surface area contributed by atoms with Crippen LogP contribution in [0.25, 0.3) is 11.1 Å². The summed E-state index contributed by atoms with van der Waals surface area (Å²) in [5.41, 5.74) is 2.53. The molecule has 3 aliphatic rings. The molecule has 1 saturated carbocycles. The predicted molar refractivity (Wildman–Crippen MR) is 117 cm³/mol. The third-order valence-corrected chi connectivity index (χ3v) is 7.64. The molecule has 166 valence electrons. The van der Waals surface area contributed by atoms with Gasteiger partial charge in [-0.05, 0) is 42.9 Å². The Morgan fingerprint density at radius 1 is 1.06 bits per heavy atom. The first kappa shape index (κ1) is 20.8. The molecule has 0 spiro atoms. The molecule has 0 unspecified atom stereocenters. The summed E-state index contributed by atoms with van der Waals surface area (Å²) in [6, 6.07) is 5.32. The predicted octanol–water partition coefficient (Wildman–Crippen LogP) is 1.16. The van der Waals surface area contributed by atoms with Gasteiger partial charge in [-0.15, -0.1) is 0 Å². The van der Waals surface area contributed by atoms with E-state index in [1.54, 1.807) is 4.90 Å². The van der Waals surface area contributed by atoms with Gasteiger partial charge < -0.3 is 5.32 Å². The summed E-state index contributed by atoms with van der Waals surface area (Å²) in [4.78, 5) is 34.6. The normalized spacial score (nSPS) is 23.8. The maximum atomic E-state index is 12.3. The minimum absolute atomic E-state index is 0.125. The molecule has 2 aromatic rings. The van der Waals surface area contributed by atoms with Crippen LogP contribution in [0.4, 0.5) is 4.79 Å². The lowest BCUT2D eigenvalue weighted by molar-refractivity contribution is -0.121. The lowest BCUT2D eigenvalue weighted by Gasteiger charge is -2.34. The number of amides is 3. The molecular formula is C22H23N5O4S. The number of urea groups is 1. The van der Waals surface area contributed by atoms with Crippen LogP contribution in [-0.4, -0.2) is 52.3 Å². The zero-order valence-electron chi connectivity index (χ0n) is 17.8. The van der Waals surface area contributed by atoms with Crippen molar-refractivity contribution in [2.75, 3.05) is 6.54 Å². The average Bonchev–Trinajstić information content (AvgIpc) is 3.45. The third-order valence-electron chi connectivity index (χ3n) is 6.66. The van der Waals surface area contributed by atoms with E-state index in [1.165, 1.54) is 6.92 Å². The number of hydrogen-bond donors (Lipinski definition) is 2. The molecule has 3 amide bonds. The summed E-state index contributed by atoms with van der Waals surface area (Å²) in [6.07, 6.45) is 6.57. The molecule has 5 rings (SSSR count). The van der Waals surface area contributed by atoms with E-state index in [2.05, 4.69) is 33.6 Å². The highest BCUT2D eigenvalue weighted by Crippen LogP contribution is 2.45. The molecule has 2 aliphatic heterocycles. The van der Waals surface area contributed by atoms with Gasteiger partial charge in [-0.1, -0.05) is 25.1 Å².